The minimum atomic E-state index is -0.306. The van der Waals surface area contributed by atoms with Crippen molar-refractivity contribution in [2.75, 3.05) is 0 Å². The van der Waals surface area contributed by atoms with Crippen LogP contribution in [-0.4, -0.2) is 11.2 Å². The Bertz CT molecular complexity index is 323. The van der Waals surface area contributed by atoms with Crippen LogP contribution in [0, 0.1) is 11.3 Å². The predicted octanol–water partition coefficient (Wildman–Crippen LogP) is 4.22. The fraction of sp³-hybridized carbons (Fsp3) is 0.625. The summed E-state index contributed by atoms with van der Waals surface area (Å²) >= 11 is 0. The topological polar surface area (TPSA) is 20.2 Å². The lowest BCUT2D eigenvalue weighted by molar-refractivity contribution is 0.0220. The fourth-order valence-electron chi connectivity index (χ4n) is 2.29. The summed E-state index contributed by atoms with van der Waals surface area (Å²) in [7, 11) is 0. The van der Waals surface area contributed by atoms with Gasteiger partial charge in [-0.15, -0.1) is 0 Å². The molecule has 0 saturated carbocycles. The van der Waals surface area contributed by atoms with E-state index in [9.17, 15) is 5.11 Å². The minimum Gasteiger partial charge on any atom is -0.392 e. The van der Waals surface area contributed by atoms with E-state index in [-0.39, 0.29) is 17.4 Å². The second kappa shape index (κ2) is 5.68. The van der Waals surface area contributed by atoms with Crippen molar-refractivity contribution in [1.82, 2.24) is 0 Å². The number of aliphatic hydroxyl groups excluding tert-OH is 1. The lowest BCUT2D eigenvalue weighted by Crippen LogP contribution is -2.35. The van der Waals surface area contributed by atoms with Crippen LogP contribution >= 0.6 is 0 Å². The molecule has 0 saturated heterocycles. The van der Waals surface area contributed by atoms with Gasteiger partial charge in [0.2, 0.25) is 0 Å². The molecular formula is C16H26O. The van der Waals surface area contributed by atoms with E-state index in [4.69, 9.17) is 0 Å². The van der Waals surface area contributed by atoms with Crippen molar-refractivity contribution in [3.05, 3.63) is 35.9 Å². The van der Waals surface area contributed by atoms with Gasteiger partial charge in [-0.05, 0) is 16.9 Å². The Morgan fingerprint density at radius 3 is 2.06 bits per heavy atom. The average molecular weight is 234 g/mol. The molecule has 1 aromatic rings. The summed E-state index contributed by atoms with van der Waals surface area (Å²) < 4.78 is 0. The molecule has 1 heteroatoms. The van der Waals surface area contributed by atoms with E-state index < -0.39 is 0 Å². The van der Waals surface area contributed by atoms with Crippen LogP contribution < -0.4 is 0 Å². The summed E-state index contributed by atoms with van der Waals surface area (Å²) in [5.41, 5.74) is 1.17. The highest BCUT2D eigenvalue weighted by atomic mass is 16.3. The first-order valence-corrected chi connectivity index (χ1v) is 6.61. The molecule has 0 aliphatic heterocycles. The SMILES string of the molecule is CCC(C)C(c1ccccc1)C(O)C(C)(C)C. The monoisotopic (exact) mass is 234 g/mol. The zero-order chi connectivity index (χ0) is 13.1. The molecule has 1 aromatic carbocycles. The predicted molar refractivity (Wildman–Crippen MR) is 74.1 cm³/mol. The van der Waals surface area contributed by atoms with Gasteiger partial charge in [0.1, 0.15) is 0 Å². The summed E-state index contributed by atoms with van der Waals surface area (Å²) in [4.78, 5) is 0. The van der Waals surface area contributed by atoms with Crippen LogP contribution in [0.2, 0.25) is 0 Å². The first-order chi connectivity index (χ1) is 7.88. The van der Waals surface area contributed by atoms with Crippen molar-refractivity contribution < 1.29 is 5.11 Å². The third kappa shape index (κ3) is 3.57. The van der Waals surface area contributed by atoms with E-state index in [1.165, 1.54) is 5.56 Å². The maximum absolute atomic E-state index is 10.6. The number of rotatable bonds is 4. The standard InChI is InChI=1S/C16H26O/c1-6-12(2)14(15(17)16(3,4)5)13-10-8-7-9-11-13/h7-12,14-15,17H,6H2,1-5H3. The molecule has 1 N–H and O–H groups in total. The molecule has 0 bridgehead atoms. The normalized spacial score (nSPS) is 17.5. The summed E-state index contributed by atoms with van der Waals surface area (Å²) in [6.07, 6.45) is 0.784. The number of hydrogen-bond acceptors (Lipinski definition) is 1. The Labute approximate surface area is 106 Å². The second-order valence-electron chi connectivity index (χ2n) is 6.13. The minimum absolute atomic E-state index is 0.0794. The van der Waals surface area contributed by atoms with E-state index in [1.807, 2.05) is 6.07 Å². The third-order valence-corrected chi connectivity index (χ3v) is 3.67. The van der Waals surface area contributed by atoms with Crippen LogP contribution in [0.5, 0.6) is 0 Å². The van der Waals surface area contributed by atoms with E-state index in [0.29, 0.717) is 5.92 Å². The zero-order valence-electron chi connectivity index (χ0n) is 11.8. The maximum atomic E-state index is 10.6. The molecule has 0 radical (unpaired) electrons. The van der Waals surface area contributed by atoms with Gasteiger partial charge < -0.3 is 5.11 Å². The van der Waals surface area contributed by atoms with Gasteiger partial charge >= 0.3 is 0 Å². The van der Waals surface area contributed by atoms with E-state index in [0.717, 1.165) is 6.42 Å². The van der Waals surface area contributed by atoms with Gasteiger partial charge in [-0.1, -0.05) is 71.4 Å². The Hall–Kier alpha value is -0.820. The van der Waals surface area contributed by atoms with E-state index in [2.05, 4.69) is 58.9 Å². The summed E-state index contributed by atoms with van der Waals surface area (Å²) in [6, 6.07) is 10.4. The highest BCUT2D eigenvalue weighted by Gasteiger charge is 2.34. The molecule has 1 rings (SSSR count). The van der Waals surface area contributed by atoms with Crippen molar-refractivity contribution >= 4 is 0 Å². The maximum Gasteiger partial charge on any atom is 0.0659 e. The third-order valence-electron chi connectivity index (χ3n) is 3.67. The van der Waals surface area contributed by atoms with Crippen LogP contribution in [0.25, 0.3) is 0 Å². The largest absolute Gasteiger partial charge is 0.392 e. The van der Waals surface area contributed by atoms with Crippen molar-refractivity contribution in [2.24, 2.45) is 11.3 Å². The van der Waals surface area contributed by atoms with E-state index in [1.54, 1.807) is 0 Å². The Morgan fingerprint density at radius 1 is 1.12 bits per heavy atom. The van der Waals surface area contributed by atoms with Crippen molar-refractivity contribution in [3.8, 4) is 0 Å². The van der Waals surface area contributed by atoms with Crippen LogP contribution in [-0.2, 0) is 0 Å². The zero-order valence-corrected chi connectivity index (χ0v) is 11.8. The summed E-state index contributed by atoms with van der Waals surface area (Å²) in [6.45, 7) is 10.7. The van der Waals surface area contributed by atoms with Crippen LogP contribution in [0.3, 0.4) is 0 Å². The smallest absolute Gasteiger partial charge is 0.0659 e. The van der Waals surface area contributed by atoms with Crippen molar-refractivity contribution in [2.45, 2.75) is 53.1 Å². The molecule has 0 aromatic heterocycles. The summed E-state index contributed by atoms with van der Waals surface area (Å²) in [5.74, 6) is 0.716. The molecule has 0 aliphatic carbocycles. The first kappa shape index (κ1) is 14.2. The second-order valence-corrected chi connectivity index (χ2v) is 6.13. The van der Waals surface area contributed by atoms with Gasteiger partial charge in [-0.2, -0.15) is 0 Å². The van der Waals surface area contributed by atoms with Gasteiger partial charge in [0.15, 0.2) is 0 Å². The quantitative estimate of drug-likeness (QED) is 0.827. The summed E-state index contributed by atoms with van der Waals surface area (Å²) in [5, 5.41) is 10.6. The number of benzene rings is 1. The molecule has 0 amide bonds. The molecule has 1 nitrogen and oxygen atoms in total. The van der Waals surface area contributed by atoms with Gasteiger partial charge in [-0.25, -0.2) is 0 Å². The fourth-order valence-corrected chi connectivity index (χ4v) is 2.29. The Balaban J connectivity index is 3.05. The molecule has 0 fully saturated rings. The molecule has 3 unspecified atom stereocenters. The van der Waals surface area contributed by atoms with Crippen molar-refractivity contribution in [3.63, 3.8) is 0 Å². The van der Waals surface area contributed by atoms with Crippen LogP contribution in [0.15, 0.2) is 30.3 Å². The van der Waals surface area contributed by atoms with Gasteiger partial charge in [0.05, 0.1) is 6.10 Å². The molecule has 0 heterocycles. The number of hydrogen-bond donors (Lipinski definition) is 1. The molecule has 3 atom stereocenters. The Morgan fingerprint density at radius 2 is 1.65 bits per heavy atom. The van der Waals surface area contributed by atoms with Gasteiger partial charge in [0.25, 0.3) is 0 Å². The molecule has 0 aliphatic rings. The highest BCUT2D eigenvalue weighted by Crippen LogP contribution is 2.37. The number of aliphatic hydroxyl groups is 1. The average Bonchev–Trinajstić information content (AvgIpc) is 2.29. The Kier molecular flexibility index (Phi) is 4.76. The molecule has 17 heavy (non-hydrogen) atoms. The van der Waals surface area contributed by atoms with Crippen LogP contribution in [0.4, 0.5) is 0 Å². The van der Waals surface area contributed by atoms with E-state index >= 15 is 0 Å². The van der Waals surface area contributed by atoms with Gasteiger partial charge in [0, 0.05) is 5.92 Å². The van der Waals surface area contributed by atoms with Crippen molar-refractivity contribution in [1.29, 1.82) is 0 Å². The first-order valence-electron chi connectivity index (χ1n) is 6.61. The lowest BCUT2D eigenvalue weighted by Gasteiger charge is -2.36. The van der Waals surface area contributed by atoms with Gasteiger partial charge in [-0.3, -0.25) is 0 Å². The highest BCUT2D eigenvalue weighted by molar-refractivity contribution is 5.22. The lowest BCUT2D eigenvalue weighted by atomic mass is 9.72. The molecule has 96 valence electrons. The molecule has 0 spiro atoms. The molecular weight excluding hydrogens is 208 g/mol. The van der Waals surface area contributed by atoms with Crippen LogP contribution in [0.1, 0.15) is 52.5 Å².